The normalized spacial score (nSPS) is 13.6. The molecule has 3 rings (SSSR count). The predicted octanol–water partition coefficient (Wildman–Crippen LogP) is 4.69. The van der Waals surface area contributed by atoms with Gasteiger partial charge in [-0.15, -0.1) is 0 Å². The van der Waals surface area contributed by atoms with Crippen LogP contribution in [0.4, 0.5) is 17.1 Å². The maximum atomic E-state index is 5.96. The van der Waals surface area contributed by atoms with Crippen LogP contribution >= 0.6 is 12.2 Å². The summed E-state index contributed by atoms with van der Waals surface area (Å²) >= 11 is 5.59. The van der Waals surface area contributed by atoms with Crippen LogP contribution in [-0.4, -0.2) is 44.6 Å². The third-order valence-corrected chi connectivity index (χ3v) is 5.11. The Labute approximate surface area is 184 Å². The van der Waals surface area contributed by atoms with Gasteiger partial charge in [-0.1, -0.05) is 25.1 Å². The zero-order chi connectivity index (χ0) is 21.3. The number of hydrogen-bond donors (Lipinski definition) is 2. The van der Waals surface area contributed by atoms with E-state index in [4.69, 9.17) is 26.4 Å². The van der Waals surface area contributed by atoms with E-state index in [1.54, 1.807) is 0 Å². The van der Waals surface area contributed by atoms with Crippen molar-refractivity contribution in [2.45, 2.75) is 27.2 Å². The average Bonchev–Trinajstić information content (AvgIpc) is 2.76. The summed E-state index contributed by atoms with van der Waals surface area (Å²) in [5, 5.41) is 7.11. The van der Waals surface area contributed by atoms with Gasteiger partial charge in [0.05, 0.1) is 37.8 Å². The van der Waals surface area contributed by atoms with E-state index in [9.17, 15) is 0 Å². The summed E-state index contributed by atoms with van der Waals surface area (Å²) in [4.78, 5) is 2.27. The second-order valence-corrected chi connectivity index (χ2v) is 7.28. The van der Waals surface area contributed by atoms with Crippen LogP contribution in [0.25, 0.3) is 0 Å². The molecule has 0 aliphatic carbocycles. The first-order chi connectivity index (χ1) is 14.7. The van der Waals surface area contributed by atoms with Gasteiger partial charge in [-0.05, 0) is 44.1 Å². The maximum Gasteiger partial charge on any atom is 0.175 e. The fourth-order valence-electron chi connectivity index (χ4n) is 3.47. The standard InChI is InChI=1S/C23H31N3O3S/c1-4-17-9-7-8-10-18(17)24-23(30)25-19-15-22(29-6-3)20(16-21(19)28-5-2)26-11-13-27-14-12-26/h7-10,15-16H,4-6,11-14H2,1-3H3,(H2,24,25,30). The summed E-state index contributed by atoms with van der Waals surface area (Å²) in [5.74, 6) is 1.55. The van der Waals surface area contributed by atoms with E-state index in [0.717, 1.165) is 48.1 Å². The number of hydrogen-bond acceptors (Lipinski definition) is 5. The third-order valence-electron chi connectivity index (χ3n) is 4.91. The van der Waals surface area contributed by atoms with Gasteiger partial charge in [-0.25, -0.2) is 0 Å². The van der Waals surface area contributed by atoms with Crippen LogP contribution < -0.4 is 25.0 Å². The first-order valence-electron chi connectivity index (χ1n) is 10.6. The summed E-state index contributed by atoms with van der Waals surface area (Å²) in [6, 6.07) is 12.2. The Morgan fingerprint density at radius 2 is 1.63 bits per heavy atom. The van der Waals surface area contributed by atoms with Crippen LogP contribution in [0.2, 0.25) is 0 Å². The first-order valence-corrected chi connectivity index (χ1v) is 11.0. The van der Waals surface area contributed by atoms with E-state index < -0.39 is 0 Å². The van der Waals surface area contributed by atoms with Gasteiger partial charge in [0, 0.05) is 30.9 Å². The largest absolute Gasteiger partial charge is 0.492 e. The topological polar surface area (TPSA) is 55.0 Å². The molecule has 7 heteroatoms. The lowest BCUT2D eigenvalue weighted by Crippen LogP contribution is -2.36. The molecular formula is C23H31N3O3S. The van der Waals surface area contributed by atoms with Gasteiger partial charge < -0.3 is 29.7 Å². The van der Waals surface area contributed by atoms with Crippen molar-refractivity contribution < 1.29 is 14.2 Å². The Balaban J connectivity index is 1.86. The van der Waals surface area contributed by atoms with Crippen LogP contribution in [0.1, 0.15) is 26.3 Å². The maximum absolute atomic E-state index is 5.96. The minimum Gasteiger partial charge on any atom is -0.492 e. The summed E-state index contributed by atoms with van der Waals surface area (Å²) in [7, 11) is 0. The van der Waals surface area contributed by atoms with Gasteiger partial charge in [0.2, 0.25) is 0 Å². The molecule has 1 aliphatic heterocycles. The summed E-state index contributed by atoms with van der Waals surface area (Å²) in [6.07, 6.45) is 0.929. The molecule has 0 bridgehead atoms. The number of anilines is 3. The molecule has 1 saturated heterocycles. The molecule has 1 aliphatic rings. The summed E-state index contributed by atoms with van der Waals surface area (Å²) < 4.78 is 17.4. The smallest absolute Gasteiger partial charge is 0.175 e. The molecule has 0 unspecified atom stereocenters. The predicted molar refractivity (Wildman–Crippen MR) is 127 cm³/mol. The number of nitrogens with one attached hydrogen (secondary N) is 2. The Morgan fingerprint density at radius 3 is 2.33 bits per heavy atom. The number of rotatable bonds is 8. The number of nitrogens with zero attached hydrogens (tertiary/aromatic N) is 1. The summed E-state index contributed by atoms with van der Waals surface area (Å²) in [6.45, 7) is 10.3. The molecule has 1 fully saturated rings. The summed E-state index contributed by atoms with van der Waals surface area (Å²) in [5.41, 5.74) is 4.02. The molecule has 2 aromatic carbocycles. The van der Waals surface area contributed by atoms with Crippen LogP contribution in [0, 0.1) is 0 Å². The van der Waals surface area contributed by atoms with E-state index in [1.807, 2.05) is 44.2 Å². The minimum atomic E-state index is 0.512. The van der Waals surface area contributed by atoms with Crippen LogP contribution in [-0.2, 0) is 11.2 Å². The highest BCUT2D eigenvalue weighted by molar-refractivity contribution is 7.80. The first kappa shape index (κ1) is 22.2. The van der Waals surface area contributed by atoms with Crippen molar-refractivity contribution in [2.75, 3.05) is 55.1 Å². The molecule has 0 spiro atoms. The van der Waals surface area contributed by atoms with E-state index >= 15 is 0 Å². The molecule has 0 saturated carbocycles. The molecule has 30 heavy (non-hydrogen) atoms. The zero-order valence-corrected chi connectivity index (χ0v) is 18.8. The molecule has 1 heterocycles. The molecule has 0 atom stereocenters. The van der Waals surface area contributed by atoms with Crippen molar-refractivity contribution in [2.24, 2.45) is 0 Å². The fourth-order valence-corrected chi connectivity index (χ4v) is 3.69. The van der Waals surface area contributed by atoms with Crippen molar-refractivity contribution in [3.8, 4) is 11.5 Å². The van der Waals surface area contributed by atoms with Crippen LogP contribution in [0.15, 0.2) is 36.4 Å². The molecule has 0 aromatic heterocycles. The number of ether oxygens (including phenoxy) is 3. The van der Waals surface area contributed by atoms with Crippen molar-refractivity contribution in [1.29, 1.82) is 0 Å². The Bertz CT molecular complexity index is 854. The molecule has 162 valence electrons. The number of morpholine rings is 1. The van der Waals surface area contributed by atoms with Gasteiger partial charge in [0.15, 0.2) is 5.11 Å². The SMILES string of the molecule is CCOc1cc(N2CCOCC2)c(OCC)cc1NC(=S)Nc1ccccc1CC. The van der Waals surface area contributed by atoms with E-state index in [1.165, 1.54) is 5.56 Å². The molecule has 6 nitrogen and oxygen atoms in total. The van der Waals surface area contributed by atoms with Gasteiger partial charge in [0.25, 0.3) is 0 Å². The Morgan fingerprint density at radius 1 is 0.967 bits per heavy atom. The van der Waals surface area contributed by atoms with Crippen LogP contribution in [0.3, 0.4) is 0 Å². The lowest BCUT2D eigenvalue weighted by Gasteiger charge is -2.31. The highest BCUT2D eigenvalue weighted by atomic mass is 32.1. The second kappa shape index (κ2) is 11.0. The second-order valence-electron chi connectivity index (χ2n) is 6.87. The molecular weight excluding hydrogens is 398 g/mol. The van der Waals surface area contributed by atoms with Gasteiger partial charge in [-0.3, -0.25) is 0 Å². The van der Waals surface area contributed by atoms with Gasteiger partial charge in [0.1, 0.15) is 11.5 Å². The highest BCUT2D eigenvalue weighted by Gasteiger charge is 2.20. The van der Waals surface area contributed by atoms with Gasteiger partial charge in [-0.2, -0.15) is 0 Å². The van der Waals surface area contributed by atoms with Crippen LogP contribution in [0.5, 0.6) is 11.5 Å². The average molecular weight is 430 g/mol. The zero-order valence-electron chi connectivity index (χ0n) is 18.0. The van der Waals surface area contributed by atoms with Crippen molar-refractivity contribution in [3.63, 3.8) is 0 Å². The molecule has 0 amide bonds. The van der Waals surface area contributed by atoms with Gasteiger partial charge >= 0.3 is 0 Å². The molecule has 0 radical (unpaired) electrons. The molecule has 2 aromatic rings. The van der Waals surface area contributed by atoms with Crippen molar-refractivity contribution >= 4 is 34.4 Å². The van der Waals surface area contributed by atoms with Crippen molar-refractivity contribution in [1.82, 2.24) is 0 Å². The third kappa shape index (κ3) is 5.55. The Hall–Kier alpha value is -2.51. The fraction of sp³-hybridized carbons (Fsp3) is 0.435. The number of benzene rings is 2. The lowest BCUT2D eigenvalue weighted by atomic mass is 10.1. The minimum absolute atomic E-state index is 0.512. The quantitative estimate of drug-likeness (QED) is 0.590. The lowest BCUT2D eigenvalue weighted by molar-refractivity contribution is 0.122. The van der Waals surface area contributed by atoms with Crippen molar-refractivity contribution in [3.05, 3.63) is 42.0 Å². The Kier molecular flexibility index (Phi) is 8.16. The monoisotopic (exact) mass is 429 g/mol. The van der Waals surface area contributed by atoms with E-state index in [2.05, 4.69) is 28.5 Å². The number of para-hydroxylation sites is 1. The number of thiocarbonyl (C=S) groups is 1. The molecule has 2 N–H and O–H groups in total. The van der Waals surface area contributed by atoms with E-state index in [-0.39, 0.29) is 0 Å². The van der Waals surface area contributed by atoms with E-state index in [0.29, 0.717) is 31.5 Å². The highest BCUT2D eigenvalue weighted by Crippen LogP contribution is 2.39. The number of aryl methyl sites for hydroxylation is 1.